The van der Waals surface area contributed by atoms with Crippen LogP contribution >= 0.6 is 0 Å². The van der Waals surface area contributed by atoms with Gasteiger partial charge in [0.05, 0.1) is 24.6 Å². The highest BCUT2D eigenvalue weighted by Gasteiger charge is 2.31. The van der Waals surface area contributed by atoms with Crippen molar-refractivity contribution >= 4 is 11.6 Å². The van der Waals surface area contributed by atoms with Gasteiger partial charge in [0.25, 0.3) is 5.91 Å². The van der Waals surface area contributed by atoms with Crippen molar-refractivity contribution in [3.05, 3.63) is 54.6 Å². The van der Waals surface area contributed by atoms with Crippen LogP contribution in [0.5, 0.6) is 17.2 Å². The smallest absolute Gasteiger partial charge is 0.493 e. The van der Waals surface area contributed by atoms with E-state index < -0.39 is 18.0 Å². The first-order valence-corrected chi connectivity index (χ1v) is 9.23. The molecule has 0 atom stereocenters. The lowest BCUT2D eigenvalue weighted by Crippen LogP contribution is -2.18. The number of nitrogens with one attached hydrogen (secondary N) is 1. The predicted octanol–water partition coefficient (Wildman–Crippen LogP) is 3.97. The van der Waals surface area contributed by atoms with Gasteiger partial charge < -0.3 is 19.5 Å². The molecule has 162 valence electrons. The highest BCUT2D eigenvalue weighted by atomic mass is 19.4. The van der Waals surface area contributed by atoms with Crippen LogP contribution in [-0.4, -0.2) is 40.2 Å². The number of rotatable bonds is 7. The van der Waals surface area contributed by atoms with E-state index in [0.29, 0.717) is 17.2 Å². The molecule has 1 aromatic heterocycles. The lowest BCUT2D eigenvalue weighted by atomic mass is 10.1. The zero-order valence-corrected chi connectivity index (χ0v) is 16.2. The third-order valence-electron chi connectivity index (χ3n) is 4.36. The summed E-state index contributed by atoms with van der Waals surface area (Å²) >= 11 is 0. The first-order valence-electron chi connectivity index (χ1n) is 9.23. The summed E-state index contributed by atoms with van der Waals surface area (Å²) in [6, 6.07) is 8.17. The Balaban J connectivity index is 1.62. The lowest BCUT2D eigenvalue weighted by molar-refractivity contribution is -0.274. The van der Waals surface area contributed by atoms with Crippen LogP contribution in [0.25, 0.3) is 5.69 Å². The summed E-state index contributed by atoms with van der Waals surface area (Å²) < 4.78 is 54.2. The zero-order valence-electron chi connectivity index (χ0n) is 16.2. The molecular formula is C20H17F3N4O4. The van der Waals surface area contributed by atoms with E-state index in [1.54, 1.807) is 12.1 Å². The molecule has 0 aliphatic heterocycles. The quantitative estimate of drug-likeness (QED) is 0.606. The van der Waals surface area contributed by atoms with Gasteiger partial charge in [0.1, 0.15) is 18.4 Å². The summed E-state index contributed by atoms with van der Waals surface area (Å²) in [6.45, 7) is 0. The van der Waals surface area contributed by atoms with Crippen molar-refractivity contribution in [1.29, 1.82) is 0 Å². The van der Waals surface area contributed by atoms with E-state index in [9.17, 15) is 18.0 Å². The van der Waals surface area contributed by atoms with E-state index in [4.69, 9.17) is 9.47 Å². The molecule has 0 spiro atoms. The summed E-state index contributed by atoms with van der Waals surface area (Å²) in [7, 11) is 1.46. The van der Waals surface area contributed by atoms with E-state index in [0.717, 1.165) is 25.0 Å². The van der Waals surface area contributed by atoms with Crippen molar-refractivity contribution in [2.75, 3.05) is 12.4 Å². The number of methoxy groups -OCH3 is 1. The molecule has 1 fully saturated rings. The first-order chi connectivity index (χ1) is 14.8. The highest BCUT2D eigenvalue weighted by molar-refractivity contribution is 6.05. The fourth-order valence-electron chi connectivity index (χ4n) is 2.81. The zero-order chi connectivity index (χ0) is 22.0. The Bertz CT molecular complexity index is 1080. The van der Waals surface area contributed by atoms with E-state index in [1.165, 1.54) is 36.6 Å². The average molecular weight is 434 g/mol. The predicted molar refractivity (Wildman–Crippen MR) is 103 cm³/mol. The van der Waals surface area contributed by atoms with E-state index in [-0.39, 0.29) is 17.4 Å². The maximum Gasteiger partial charge on any atom is 0.573 e. The van der Waals surface area contributed by atoms with Gasteiger partial charge in [0.15, 0.2) is 11.5 Å². The van der Waals surface area contributed by atoms with Crippen LogP contribution in [0.4, 0.5) is 18.9 Å². The fraction of sp³-hybridized carbons (Fsp3) is 0.250. The topological polar surface area (TPSA) is 87.5 Å². The molecule has 1 N–H and O–H groups in total. The molecule has 3 aromatic rings. The second kappa shape index (κ2) is 8.17. The number of ether oxygens (including phenoxy) is 3. The Morgan fingerprint density at radius 1 is 1.16 bits per heavy atom. The summed E-state index contributed by atoms with van der Waals surface area (Å²) in [4.78, 5) is 16.6. The van der Waals surface area contributed by atoms with Crippen molar-refractivity contribution in [3.63, 3.8) is 0 Å². The number of amides is 1. The van der Waals surface area contributed by atoms with Crippen molar-refractivity contribution in [2.24, 2.45) is 0 Å². The van der Waals surface area contributed by atoms with Crippen molar-refractivity contribution in [2.45, 2.75) is 25.3 Å². The van der Waals surface area contributed by atoms with Crippen LogP contribution in [-0.2, 0) is 0 Å². The molecule has 1 heterocycles. The number of benzene rings is 2. The molecule has 4 rings (SSSR count). The lowest BCUT2D eigenvalue weighted by Gasteiger charge is -2.15. The van der Waals surface area contributed by atoms with Gasteiger partial charge >= 0.3 is 6.36 Å². The number of carbonyl (C=O) groups is 1. The van der Waals surface area contributed by atoms with Crippen LogP contribution in [0.2, 0.25) is 0 Å². The van der Waals surface area contributed by atoms with Gasteiger partial charge in [-0.2, -0.15) is 5.10 Å². The number of anilines is 1. The second-order valence-corrected chi connectivity index (χ2v) is 6.70. The molecule has 1 aliphatic rings. The molecule has 1 amide bonds. The van der Waals surface area contributed by atoms with Gasteiger partial charge in [-0.15, -0.1) is 13.2 Å². The summed E-state index contributed by atoms with van der Waals surface area (Å²) in [5.41, 5.74) is 0.585. The van der Waals surface area contributed by atoms with Crippen LogP contribution in [0.15, 0.2) is 49.1 Å². The standard InChI is InChI=1S/C20H17F3N4O4/c1-29-18-8-12(2-7-17(18)30-13-3-4-13)19(28)26-15-9-14(31-20(21,22)23)5-6-16(15)27-11-24-10-25-27/h2,5-11,13H,3-4H2,1H3,(H,26,28). The maximum atomic E-state index is 12.8. The maximum absolute atomic E-state index is 12.8. The Hall–Kier alpha value is -3.76. The van der Waals surface area contributed by atoms with Crippen LogP contribution < -0.4 is 19.5 Å². The van der Waals surface area contributed by atoms with Gasteiger partial charge in [-0.3, -0.25) is 4.79 Å². The van der Waals surface area contributed by atoms with Crippen LogP contribution in [0, 0.1) is 0 Å². The van der Waals surface area contributed by atoms with Crippen LogP contribution in [0.3, 0.4) is 0 Å². The molecule has 1 aliphatic carbocycles. The molecule has 2 aromatic carbocycles. The Kier molecular flexibility index (Phi) is 5.40. The number of hydrogen-bond donors (Lipinski definition) is 1. The van der Waals surface area contributed by atoms with Gasteiger partial charge in [0.2, 0.25) is 0 Å². The number of nitrogens with zero attached hydrogens (tertiary/aromatic N) is 3. The third kappa shape index (κ3) is 5.05. The number of hydrogen-bond acceptors (Lipinski definition) is 6. The second-order valence-electron chi connectivity index (χ2n) is 6.70. The summed E-state index contributed by atoms with van der Waals surface area (Å²) in [6.07, 6.45) is -0.187. The normalized spacial score (nSPS) is 13.5. The largest absolute Gasteiger partial charge is 0.573 e. The molecule has 0 bridgehead atoms. The molecule has 8 nitrogen and oxygen atoms in total. The van der Waals surface area contributed by atoms with Gasteiger partial charge in [0, 0.05) is 11.6 Å². The first kappa shape index (κ1) is 20.5. The van der Waals surface area contributed by atoms with Gasteiger partial charge in [-0.05, 0) is 43.2 Å². The van der Waals surface area contributed by atoms with Crippen LogP contribution in [0.1, 0.15) is 23.2 Å². The number of alkyl halides is 3. The SMILES string of the molecule is COc1cc(C(=O)Nc2cc(OC(F)(F)F)ccc2-n2cncn2)ccc1OC1CC1. The molecule has 11 heteroatoms. The van der Waals surface area contributed by atoms with E-state index in [2.05, 4.69) is 20.1 Å². The Morgan fingerprint density at radius 2 is 1.97 bits per heavy atom. The summed E-state index contributed by atoms with van der Waals surface area (Å²) in [5, 5.41) is 6.55. The molecule has 0 unspecified atom stereocenters. The van der Waals surface area contributed by atoms with E-state index in [1.807, 2.05) is 0 Å². The number of aromatic nitrogens is 3. The molecule has 0 saturated heterocycles. The minimum absolute atomic E-state index is 0.0505. The van der Waals surface area contributed by atoms with Crippen molar-refractivity contribution in [1.82, 2.24) is 14.8 Å². The van der Waals surface area contributed by atoms with Gasteiger partial charge in [-0.1, -0.05) is 0 Å². The summed E-state index contributed by atoms with van der Waals surface area (Å²) in [5.74, 6) is -0.158. The van der Waals surface area contributed by atoms with Crippen molar-refractivity contribution < 1.29 is 32.2 Å². The Labute approximate surface area is 174 Å². The van der Waals surface area contributed by atoms with E-state index >= 15 is 0 Å². The fourth-order valence-corrected chi connectivity index (χ4v) is 2.81. The number of carbonyl (C=O) groups excluding carboxylic acids is 1. The highest BCUT2D eigenvalue weighted by Crippen LogP contribution is 2.35. The molecule has 31 heavy (non-hydrogen) atoms. The third-order valence-corrected chi connectivity index (χ3v) is 4.36. The van der Waals surface area contributed by atoms with Gasteiger partial charge in [-0.25, -0.2) is 9.67 Å². The number of halogens is 3. The van der Waals surface area contributed by atoms with Crippen molar-refractivity contribution in [3.8, 4) is 22.9 Å². The average Bonchev–Trinajstić information content (AvgIpc) is 3.36. The molecular weight excluding hydrogens is 417 g/mol. The minimum Gasteiger partial charge on any atom is -0.493 e. The molecule has 0 radical (unpaired) electrons. The monoisotopic (exact) mass is 434 g/mol. The Morgan fingerprint density at radius 3 is 2.61 bits per heavy atom. The molecule has 1 saturated carbocycles. The minimum atomic E-state index is -4.87.